The summed E-state index contributed by atoms with van der Waals surface area (Å²) in [7, 11) is -3.10. The van der Waals surface area contributed by atoms with Crippen molar-refractivity contribution in [1.82, 2.24) is 9.62 Å². The molecule has 1 aliphatic rings. The Kier molecular flexibility index (Phi) is 7.28. The molecule has 1 rings (SSSR count). The van der Waals surface area contributed by atoms with E-state index in [4.69, 9.17) is 4.74 Å². The summed E-state index contributed by atoms with van der Waals surface area (Å²) in [6.45, 7) is 8.63. The number of rotatable bonds is 8. The molecule has 0 spiro atoms. The van der Waals surface area contributed by atoms with E-state index in [-0.39, 0.29) is 11.9 Å². The van der Waals surface area contributed by atoms with Crippen LogP contribution >= 0.6 is 0 Å². The molecule has 0 amide bonds. The van der Waals surface area contributed by atoms with Gasteiger partial charge in [0.25, 0.3) is 0 Å². The van der Waals surface area contributed by atoms with E-state index in [0.29, 0.717) is 25.7 Å². The molecule has 1 heterocycles. The molecule has 6 heteroatoms. The largest absolute Gasteiger partial charge is 0.375 e. The van der Waals surface area contributed by atoms with Gasteiger partial charge in [-0.25, -0.2) is 8.42 Å². The minimum absolute atomic E-state index is 0.0612. The van der Waals surface area contributed by atoms with Gasteiger partial charge in [0, 0.05) is 19.1 Å². The predicted octanol–water partition coefficient (Wildman–Crippen LogP) is 1.21. The molecule has 1 N–H and O–H groups in total. The molecule has 19 heavy (non-hydrogen) atoms. The van der Waals surface area contributed by atoms with E-state index in [2.05, 4.69) is 19.2 Å². The Labute approximate surface area is 117 Å². The third kappa shape index (κ3) is 6.21. The van der Waals surface area contributed by atoms with E-state index in [1.807, 2.05) is 6.92 Å². The molecule has 1 atom stereocenters. The van der Waals surface area contributed by atoms with Crippen molar-refractivity contribution in [3.63, 3.8) is 0 Å². The van der Waals surface area contributed by atoms with Gasteiger partial charge in [0.2, 0.25) is 10.0 Å². The summed E-state index contributed by atoms with van der Waals surface area (Å²) >= 11 is 0. The molecule has 1 aliphatic heterocycles. The second kappa shape index (κ2) is 8.19. The van der Waals surface area contributed by atoms with Crippen molar-refractivity contribution < 1.29 is 13.2 Å². The lowest BCUT2D eigenvalue weighted by molar-refractivity contribution is -0.00277. The van der Waals surface area contributed by atoms with Gasteiger partial charge in [-0.1, -0.05) is 20.8 Å². The van der Waals surface area contributed by atoms with Gasteiger partial charge in [-0.05, 0) is 25.8 Å². The zero-order valence-corrected chi connectivity index (χ0v) is 13.2. The van der Waals surface area contributed by atoms with Gasteiger partial charge in [0.15, 0.2) is 0 Å². The highest BCUT2D eigenvalue weighted by atomic mass is 32.2. The van der Waals surface area contributed by atoms with Crippen LogP contribution in [-0.4, -0.2) is 56.9 Å². The first-order valence-electron chi connectivity index (χ1n) is 7.28. The number of nitrogens with zero attached hydrogens (tertiary/aromatic N) is 1. The Balaban J connectivity index is 2.30. The van der Waals surface area contributed by atoms with Crippen LogP contribution < -0.4 is 5.32 Å². The van der Waals surface area contributed by atoms with Crippen molar-refractivity contribution >= 4 is 10.0 Å². The number of ether oxygens (including phenoxy) is 1. The topological polar surface area (TPSA) is 58.6 Å². The zero-order chi connectivity index (χ0) is 14.3. The summed E-state index contributed by atoms with van der Waals surface area (Å²) in [5, 5.41) is 3.30. The fourth-order valence-corrected chi connectivity index (χ4v) is 3.69. The van der Waals surface area contributed by atoms with E-state index in [1.54, 1.807) is 4.31 Å². The van der Waals surface area contributed by atoms with Gasteiger partial charge in [0.05, 0.1) is 18.5 Å². The molecular formula is C13H28N2O3S. The Morgan fingerprint density at radius 3 is 2.74 bits per heavy atom. The summed E-state index contributed by atoms with van der Waals surface area (Å²) in [5.41, 5.74) is 0. The van der Waals surface area contributed by atoms with Crippen LogP contribution in [-0.2, 0) is 14.8 Å². The van der Waals surface area contributed by atoms with Crippen LogP contribution in [0, 0.1) is 0 Å². The van der Waals surface area contributed by atoms with Crippen molar-refractivity contribution in [3.8, 4) is 0 Å². The average molecular weight is 292 g/mol. The minimum Gasteiger partial charge on any atom is -0.375 e. The zero-order valence-electron chi connectivity index (χ0n) is 12.4. The minimum atomic E-state index is -3.10. The van der Waals surface area contributed by atoms with Gasteiger partial charge in [0.1, 0.15) is 0 Å². The summed E-state index contributed by atoms with van der Waals surface area (Å²) in [6.07, 6.45) is 2.55. The number of hydrogen-bond donors (Lipinski definition) is 1. The fourth-order valence-electron chi connectivity index (χ4n) is 2.12. The van der Waals surface area contributed by atoms with Crippen molar-refractivity contribution in [1.29, 1.82) is 0 Å². The second-order valence-electron chi connectivity index (χ2n) is 5.39. The Hall–Kier alpha value is -0.170. The lowest BCUT2D eigenvalue weighted by atomic mass is 10.2. The lowest BCUT2D eigenvalue weighted by Gasteiger charge is -2.31. The monoisotopic (exact) mass is 292 g/mol. The lowest BCUT2D eigenvalue weighted by Crippen LogP contribution is -2.46. The molecule has 0 aromatic heterocycles. The van der Waals surface area contributed by atoms with Crippen molar-refractivity contribution in [2.45, 2.75) is 52.2 Å². The maximum absolute atomic E-state index is 12.2. The van der Waals surface area contributed by atoms with Gasteiger partial charge in [-0.3, -0.25) is 0 Å². The van der Waals surface area contributed by atoms with Crippen LogP contribution in [0.1, 0.15) is 40.0 Å². The van der Waals surface area contributed by atoms with Crippen LogP contribution in [0.4, 0.5) is 0 Å². The number of unbranched alkanes of at least 4 members (excludes halogenated alkanes) is 1. The van der Waals surface area contributed by atoms with Crippen LogP contribution in [0.5, 0.6) is 0 Å². The quantitative estimate of drug-likeness (QED) is 0.683. The molecule has 1 fully saturated rings. The smallest absolute Gasteiger partial charge is 0.214 e. The van der Waals surface area contributed by atoms with E-state index in [0.717, 1.165) is 25.8 Å². The third-order valence-corrected chi connectivity index (χ3v) is 5.25. The summed E-state index contributed by atoms with van der Waals surface area (Å²) in [6, 6.07) is 0.459. The molecule has 0 bridgehead atoms. The molecule has 114 valence electrons. The van der Waals surface area contributed by atoms with Crippen LogP contribution in [0.3, 0.4) is 0 Å². The van der Waals surface area contributed by atoms with Crippen molar-refractivity contribution in [2.24, 2.45) is 0 Å². The number of morpholine rings is 1. The van der Waals surface area contributed by atoms with Crippen LogP contribution in [0.2, 0.25) is 0 Å². The normalized spacial score (nSPS) is 22.0. The highest BCUT2D eigenvalue weighted by molar-refractivity contribution is 7.89. The Morgan fingerprint density at radius 2 is 2.11 bits per heavy atom. The molecule has 0 radical (unpaired) electrons. The number of nitrogens with one attached hydrogen (secondary N) is 1. The molecule has 0 aliphatic carbocycles. The SMILES string of the molecule is CCC1CN(S(=O)(=O)CCCCNC(C)C)CCO1. The Morgan fingerprint density at radius 1 is 1.37 bits per heavy atom. The number of sulfonamides is 1. The van der Waals surface area contributed by atoms with E-state index in [1.165, 1.54) is 0 Å². The average Bonchev–Trinajstić information content (AvgIpc) is 2.38. The van der Waals surface area contributed by atoms with Crippen molar-refractivity contribution in [2.75, 3.05) is 32.0 Å². The fraction of sp³-hybridized carbons (Fsp3) is 1.00. The molecule has 0 saturated carbocycles. The van der Waals surface area contributed by atoms with Crippen LogP contribution in [0.15, 0.2) is 0 Å². The van der Waals surface area contributed by atoms with Crippen LogP contribution in [0.25, 0.3) is 0 Å². The molecular weight excluding hydrogens is 264 g/mol. The van der Waals surface area contributed by atoms with Gasteiger partial charge >= 0.3 is 0 Å². The highest BCUT2D eigenvalue weighted by Gasteiger charge is 2.28. The van der Waals surface area contributed by atoms with E-state index >= 15 is 0 Å². The van der Waals surface area contributed by atoms with E-state index in [9.17, 15) is 8.42 Å². The first-order valence-corrected chi connectivity index (χ1v) is 8.89. The van der Waals surface area contributed by atoms with E-state index < -0.39 is 10.0 Å². The molecule has 1 unspecified atom stereocenters. The Bertz CT molecular complexity index is 344. The summed E-state index contributed by atoms with van der Waals surface area (Å²) in [4.78, 5) is 0. The van der Waals surface area contributed by atoms with Gasteiger partial charge < -0.3 is 10.1 Å². The third-order valence-electron chi connectivity index (χ3n) is 3.33. The standard InChI is InChI=1S/C13H28N2O3S/c1-4-13-11-15(8-9-18-13)19(16,17)10-6-5-7-14-12(2)3/h12-14H,4-11H2,1-3H3. The second-order valence-corrected chi connectivity index (χ2v) is 7.48. The molecule has 5 nitrogen and oxygen atoms in total. The first-order chi connectivity index (χ1) is 8.95. The highest BCUT2D eigenvalue weighted by Crippen LogP contribution is 2.13. The summed E-state index contributed by atoms with van der Waals surface area (Å²) < 4.78 is 31.5. The van der Waals surface area contributed by atoms with Gasteiger partial charge in [-0.15, -0.1) is 0 Å². The summed E-state index contributed by atoms with van der Waals surface area (Å²) in [5.74, 6) is 0.253. The molecule has 0 aromatic rings. The predicted molar refractivity (Wildman–Crippen MR) is 77.8 cm³/mol. The number of hydrogen-bond acceptors (Lipinski definition) is 4. The molecule has 0 aromatic carbocycles. The van der Waals surface area contributed by atoms with Crippen molar-refractivity contribution in [3.05, 3.63) is 0 Å². The maximum atomic E-state index is 12.2. The first kappa shape index (κ1) is 16.9. The van der Waals surface area contributed by atoms with Gasteiger partial charge in [-0.2, -0.15) is 4.31 Å². The maximum Gasteiger partial charge on any atom is 0.214 e. The molecule has 1 saturated heterocycles.